The van der Waals surface area contributed by atoms with Crippen molar-refractivity contribution in [1.82, 2.24) is 10.6 Å². The van der Waals surface area contributed by atoms with Crippen molar-refractivity contribution in [3.8, 4) is 0 Å². The van der Waals surface area contributed by atoms with E-state index < -0.39 is 23.7 Å². The van der Waals surface area contributed by atoms with Crippen LogP contribution in [0, 0.1) is 11.6 Å². The van der Waals surface area contributed by atoms with Gasteiger partial charge in [0.2, 0.25) is 0 Å². The van der Waals surface area contributed by atoms with Crippen LogP contribution in [0.3, 0.4) is 0 Å². The first-order valence-corrected chi connectivity index (χ1v) is 6.06. The molecule has 0 aromatic heterocycles. The number of ether oxygens (including phenoxy) is 1. The Balaban J connectivity index is 2.75. The minimum absolute atomic E-state index is 0.144. The molecule has 0 aliphatic carbocycles. The quantitative estimate of drug-likeness (QED) is 0.789. The summed E-state index contributed by atoms with van der Waals surface area (Å²) in [6.07, 6.45) is 0. The smallest absolute Gasteiger partial charge is 0.315 e. The molecule has 0 heterocycles. The molecule has 4 nitrogen and oxygen atoms in total. The number of nitrogens with one attached hydrogen (secondary N) is 2. The summed E-state index contributed by atoms with van der Waals surface area (Å²) in [5, 5.41) is 5.22. The van der Waals surface area contributed by atoms with Gasteiger partial charge in [-0.2, -0.15) is 0 Å². The lowest BCUT2D eigenvalue weighted by atomic mass is 10.1. The zero-order chi connectivity index (χ0) is 15.1. The third-order valence-corrected chi connectivity index (χ3v) is 2.54. The molecule has 1 rings (SSSR count). The average Bonchev–Trinajstić information content (AvgIpc) is 2.39. The maximum atomic E-state index is 13.2. The number of amides is 2. The van der Waals surface area contributed by atoms with E-state index in [0.29, 0.717) is 12.1 Å². The summed E-state index contributed by atoms with van der Waals surface area (Å²) in [5.41, 5.74) is 1.23. The number of benzene rings is 1. The van der Waals surface area contributed by atoms with Gasteiger partial charge in [0.1, 0.15) is 0 Å². The lowest BCUT2D eigenvalue weighted by Crippen LogP contribution is -2.40. The molecular formula is C14H18F2N2O2. The van der Waals surface area contributed by atoms with Crippen molar-refractivity contribution in [2.24, 2.45) is 0 Å². The van der Waals surface area contributed by atoms with E-state index in [1.807, 2.05) is 0 Å². The fraction of sp³-hybridized carbons (Fsp3) is 0.357. The molecule has 0 fully saturated rings. The molecule has 1 aromatic carbocycles. The monoisotopic (exact) mass is 284 g/mol. The number of halogens is 2. The Morgan fingerprint density at radius 2 is 2.10 bits per heavy atom. The van der Waals surface area contributed by atoms with E-state index in [1.165, 1.54) is 13.2 Å². The zero-order valence-electron chi connectivity index (χ0n) is 11.5. The second-order valence-electron chi connectivity index (χ2n) is 4.47. The van der Waals surface area contributed by atoms with Crippen LogP contribution in [0.1, 0.15) is 18.5 Å². The summed E-state index contributed by atoms with van der Waals surface area (Å²) in [5.74, 6) is -1.90. The van der Waals surface area contributed by atoms with Crippen molar-refractivity contribution < 1.29 is 18.3 Å². The van der Waals surface area contributed by atoms with Gasteiger partial charge in [0.15, 0.2) is 11.6 Å². The van der Waals surface area contributed by atoms with Crippen molar-refractivity contribution in [2.45, 2.75) is 13.0 Å². The number of rotatable bonds is 6. The molecule has 2 N–H and O–H groups in total. The molecule has 1 aromatic rings. The normalized spacial score (nSPS) is 11.8. The Kier molecular flexibility index (Phi) is 6.11. The Hall–Kier alpha value is -1.95. The van der Waals surface area contributed by atoms with Gasteiger partial charge in [-0.25, -0.2) is 13.6 Å². The molecule has 6 heteroatoms. The summed E-state index contributed by atoms with van der Waals surface area (Å²) in [7, 11) is 1.46. The van der Waals surface area contributed by atoms with Crippen LogP contribution in [-0.4, -0.2) is 26.3 Å². The number of urea groups is 1. The van der Waals surface area contributed by atoms with Crippen LogP contribution >= 0.6 is 0 Å². The molecule has 20 heavy (non-hydrogen) atoms. The molecule has 0 aliphatic heterocycles. The first-order valence-electron chi connectivity index (χ1n) is 6.06. The molecular weight excluding hydrogens is 266 g/mol. The van der Waals surface area contributed by atoms with Gasteiger partial charge in [-0.1, -0.05) is 18.2 Å². The Labute approximate surface area is 116 Å². The van der Waals surface area contributed by atoms with Gasteiger partial charge in [0.05, 0.1) is 12.6 Å². The molecule has 0 saturated carbocycles. The number of hydrogen-bond acceptors (Lipinski definition) is 2. The number of methoxy groups -OCH3 is 1. The molecule has 1 atom stereocenters. The number of hydrogen-bond donors (Lipinski definition) is 2. The molecule has 0 unspecified atom stereocenters. The van der Waals surface area contributed by atoms with E-state index >= 15 is 0 Å². The minimum atomic E-state index is -0.965. The van der Waals surface area contributed by atoms with Crippen molar-refractivity contribution in [2.75, 3.05) is 20.3 Å². The van der Waals surface area contributed by atoms with Crippen LogP contribution in [0.15, 0.2) is 30.4 Å². The van der Waals surface area contributed by atoms with E-state index in [1.54, 1.807) is 6.92 Å². The first kappa shape index (κ1) is 16.1. The van der Waals surface area contributed by atoms with E-state index in [0.717, 1.165) is 17.7 Å². The molecule has 0 radical (unpaired) electrons. The largest absolute Gasteiger partial charge is 0.382 e. The van der Waals surface area contributed by atoms with Crippen molar-refractivity contribution in [3.05, 3.63) is 47.5 Å². The van der Waals surface area contributed by atoms with Crippen LogP contribution in [0.4, 0.5) is 13.6 Å². The highest BCUT2D eigenvalue weighted by atomic mass is 19.2. The van der Waals surface area contributed by atoms with Crippen LogP contribution in [-0.2, 0) is 4.74 Å². The zero-order valence-corrected chi connectivity index (χ0v) is 11.5. The van der Waals surface area contributed by atoms with Gasteiger partial charge in [-0.05, 0) is 24.6 Å². The molecule has 0 saturated heterocycles. The highest BCUT2D eigenvalue weighted by molar-refractivity contribution is 5.74. The SMILES string of the molecule is C=C(C)CNC(=O)N[C@@H](COC)c1ccc(F)c(F)c1. The molecule has 0 aliphatic rings. The summed E-state index contributed by atoms with van der Waals surface area (Å²) >= 11 is 0. The van der Waals surface area contributed by atoms with Crippen LogP contribution in [0.25, 0.3) is 0 Å². The van der Waals surface area contributed by atoms with Gasteiger partial charge in [-0.15, -0.1) is 0 Å². The highest BCUT2D eigenvalue weighted by Crippen LogP contribution is 2.16. The third kappa shape index (κ3) is 4.97. The topological polar surface area (TPSA) is 50.4 Å². The van der Waals surface area contributed by atoms with Crippen LogP contribution in [0.2, 0.25) is 0 Å². The lowest BCUT2D eigenvalue weighted by Gasteiger charge is -2.19. The number of carbonyl (C=O) groups is 1. The van der Waals surface area contributed by atoms with Crippen molar-refractivity contribution in [3.63, 3.8) is 0 Å². The maximum absolute atomic E-state index is 13.2. The second kappa shape index (κ2) is 7.59. The predicted molar refractivity (Wildman–Crippen MR) is 72.3 cm³/mol. The fourth-order valence-electron chi connectivity index (χ4n) is 1.56. The van der Waals surface area contributed by atoms with E-state index in [2.05, 4.69) is 17.2 Å². The lowest BCUT2D eigenvalue weighted by molar-refractivity contribution is 0.166. The Morgan fingerprint density at radius 1 is 1.40 bits per heavy atom. The van der Waals surface area contributed by atoms with Crippen molar-refractivity contribution in [1.29, 1.82) is 0 Å². The van der Waals surface area contributed by atoms with E-state index in [4.69, 9.17) is 4.74 Å². The highest BCUT2D eigenvalue weighted by Gasteiger charge is 2.16. The summed E-state index contributed by atoms with van der Waals surface area (Å²) < 4.78 is 31.1. The van der Waals surface area contributed by atoms with Gasteiger partial charge in [-0.3, -0.25) is 0 Å². The molecule has 0 bridgehead atoms. The maximum Gasteiger partial charge on any atom is 0.315 e. The van der Waals surface area contributed by atoms with Crippen LogP contribution < -0.4 is 10.6 Å². The molecule has 2 amide bonds. The predicted octanol–water partition coefficient (Wildman–Crippen LogP) is 2.53. The second-order valence-corrected chi connectivity index (χ2v) is 4.47. The number of carbonyl (C=O) groups excluding carboxylic acids is 1. The average molecular weight is 284 g/mol. The standard InChI is InChI=1S/C14H18F2N2O2/c1-9(2)7-17-14(19)18-13(8-20-3)10-4-5-11(15)12(16)6-10/h4-6,13H,1,7-8H2,2-3H3,(H2,17,18,19)/t13-/m0/s1. The van der Waals surface area contributed by atoms with E-state index in [9.17, 15) is 13.6 Å². The van der Waals surface area contributed by atoms with Crippen molar-refractivity contribution >= 4 is 6.03 Å². The molecule has 110 valence electrons. The summed E-state index contributed by atoms with van der Waals surface area (Å²) in [4.78, 5) is 11.7. The van der Waals surface area contributed by atoms with Crippen LogP contribution in [0.5, 0.6) is 0 Å². The molecule has 0 spiro atoms. The summed E-state index contributed by atoms with van der Waals surface area (Å²) in [6, 6.07) is 2.46. The van der Waals surface area contributed by atoms with Gasteiger partial charge >= 0.3 is 6.03 Å². The Morgan fingerprint density at radius 3 is 2.65 bits per heavy atom. The Bertz CT molecular complexity index is 492. The van der Waals surface area contributed by atoms with Gasteiger partial charge < -0.3 is 15.4 Å². The van der Waals surface area contributed by atoms with Gasteiger partial charge in [0, 0.05) is 13.7 Å². The first-order chi connectivity index (χ1) is 9.43. The van der Waals surface area contributed by atoms with E-state index in [-0.39, 0.29) is 6.61 Å². The van der Waals surface area contributed by atoms with Gasteiger partial charge in [0.25, 0.3) is 0 Å². The fourth-order valence-corrected chi connectivity index (χ4v) is 1.56. The summed E-state index contributed by atoms with van der Waals surface area (Å²) in [6.45, 7) is 5.92. The minimum Gasteiger partial charge on any atom is -0.382 e. The third-order valence-electron chi connectivity index (χ3n) is 2.54.